The third kappa shape index (κ3) is 7.11. The number of ether oxygens (including phenoxy) is 2. The molecular formula is C16H25NO4. The number of carbonyl (C=O) groups excluding carboxylic acids is 1. The van der Waals surface area contributed by atoms with Crippen LogP contribution in [-0.2, 0) is 9.53 Å². The van der Waals surface area contributed by atoms with Crippen molar-refractivity contribution in [2.75, 3.05) is 26.3 Å². The van der Waals surface area contributed by atoms with Crippen LogP contribution >= 0.6 is 0 Å². The normalized spacial score (nSPS) is 12.0. The molecule has 1 aromatic carbocycles. The molecule has 0 saturated carbocycles. The number of aliphatic hydroxyl groups is 1. The second-order valence-corrected chi connectivity index (χ2v) is 4.99. The van der Waals surface area contributed by atoms with Gasteiger partial charge in [-0.3, -0.25) is 4.79 Å². The molecule has 0 aliphatic carbocycles. The van der Waals surface area contributed by atoms with Crippen molar-refractivity contribution in [2.45, 2.75) is 33.3 Å². The Balaban J connectivity index is 2.19. The van der Waals surface area contributed by atoms with Gasteiger partial charge < -0.3 is 19.9 Å². The number of hydrogen-bond acceptors (Lipinski definition) is 5. The predicted molar refractivity (Wildman–Crippen MR) is 81.5 cm³/mol. The summed E-state index contributed by atoms with van der Waals surface area (Å²) in [5.74, 6) is 0.553. The van der Waals surface area contributed by atoms with Gasteiger partial charge >= 0.3 is 5.97 Å². The molecule has 1 rings (SSSR count). The Morgan fingerprint density at radius 2 is 2.14 bits per heavy atom. The van der Waals surface area contributed by atoms with Crippen molar-refractivity contribution in [1.29, 1.82) is 0 Å². The highest BCUT2D eigenvalue weighted by atomic mass is 16.5. The minimum Gasteiger partial charge on any atom is -0.491 e. The van der Waals surface area contributed by atoms with E-state index in [0.717, 1.165) is 11.3 Å². The van der Waals surface area contributed by atoms with Gasteiger partial charge in [-0.1, -0.05) is 17.7 Å². The number of hydrogen-bond donors (Lipinski definition) is 2. The van der Waals surface area contributed by atoms with E-state index >= 15 is 0 Å². The highest BCUT2D eigenvalue weighted by Crippen LogP contribution is 2.18. The molecule has 1 unspecified atom stereocenters. The van der Waals surface area contributed by atoms with Gasteiger partial charge in [0, 0.05) is 13.1 Å². The maximum Gasteiger partial charge on any atom is 0.307 e. The Labute approximate surface area is 126 Å². The van der Waals surface area contributed by atoms with Crippen LogP contribution in [0.25, 0.3) is 0 Å². The van der Waals surface area contributed by atoms with E-state index in [2.05, 4.69) is 5.32 Å². The Morgan fingerprint density at radius 3 is 2.81 bits per heavy atom. The first kappa shape index (κ1) is 17.5. The Morgan fingerprint density at radius 1 is 1.38 bits per heavy atom. The molecule has 0 bridgehead atoms. The number of rotatable bonds is 9. The molecule has 21 heavy (non-hydrogen) atoms. The third-order valence-corrected chi connectivity index (χ3v) is 2.95. The molecule has 0 aliphatic heterocycles. The summed E-state index contributed by atoms with van der Waals surface area (Å²) in [7, 11) is 0. The van der Waals surface area contributed by atoms with Crippen LogP contribution in [0.15, 0.2) is 18.2 Å². The summed E-state index contributed by atoms with van der Waals surface area (Å²) >= 11 is 0. The Kier molecular flexibility index (Phi) is 7.79. The highest BCUT2D eigenvalue weighted by Gasteiger charge is 2.07. The van der Waals surface area contributed by atoms with E-state index in [0.29, 0.717) is 26.1 Å². The molecule has 5 nitrogen and oxygen atoms in total. The van der Waals surface area contributed by atoms with E-state index in [1.807, 2.05) is 32.0 Å². The molecule has 5 heteroatoms. The largest absolute Gasteiger partial charge is 0.491 e. The number of esters is 1. The van der Waals surface area contributed by atoms with Gasteiger partial charge in [0.2, 0.25) is 0 Å². The van der Waals surface area contributed by atoms with Crippen LogP contribution in [0.2, 0.25) is 0 Å². The Hall–Kier alpha value is -1.59. The molecule has 0 amide bonds. The fourth-order valence-corrected chi connectivity index (χ4v) is 1.90. The Bertz CT molecular complexity index is 448. The fraction of sp³-hybridized carbons (Fsp3) is 0.562. The van der Waals surface area contributed by atoms with E-state index in [1.54, 1.807) is 6.92 Å². The van der Waals surface area contributed by atoms with E-state index in [4.69, 9.17) is 9.47 Å². The van der Waals surface area contributed by atoms with Crippen LogP contribution in [0.1, 0.15) is 24.5 Å². The third-order valence-electron chi connectivity index (χ3n) is 2.95. The summed E-state index contributed by atoms with van der Waals surface area (Å²) in [6, 6.07) is 5.93. The van der Waals surface area contributed by atoms with Crippen molar-refractivity contribution in [3.63, 3.8) is 0 Å². The van der Waals surface area contributed by atoms with E-state index < -0.39 is 6.10 Å². The van der Waals surface area contributed by atoms with Crippen LogP contribution < -0.4 is 10.1 Å². The van der Waals surface area contributed by atoms with Crippen molar-refractivity contribution in [2.24, 2.45) is 0 Å². The van der Waals surface area contributed by atoms with Crippen molar-refractivity contribution in [3.8, 4) is 5.75 Å². The van der Waals surface area contributed by atoms with Gasteiger partial charge in [0.25, 0.3) is 0 Å². The number of benzene rings is 1. The van der Waals surface area contributed by atoms with Crippen LogP contribution in [0, 0.1) is 13.8 Å². The number of nitrogens with one attached hydrogen (secondary N) is 1. The molecule has 0 radical (unpaired) electrons. The van der Waals surface area contributed by atoms with Crippen molar-refractivity contribution >= 4 is 5.97 Å². The smallest absolute Gasteiger partial charge is 0.307 e. The quantitative estimate of drug-likeness (QED) is 0.535. The molecule has 0 aromatic heterocycles. The molecule has 2 N–H and O–H groups in total. The highest BCUT2D eigenvalue weighted by molar-refractivity contribution is 5.69. The lowest BCUT2D eigenvalue weighted by molar-refractivity contribution is -0.143. The van der Waals surface area contributed by atoms with E-state index in [9.17, 15) is 9.90 Å². The maximum atomic E-state index is 11.1. The van der Waals surface area contributed by atoms with Gasteiger partial charge in [-0.25, -0.2) is 0 Å². The van der Waals surface area contributed by atoms with Crippen molar-refractivity contribution in [3.05, 3.63) is 29.3 Å². The summed E-state index contributed by atoms with van der Waals surface area (Å²) in [6.45, 7) is 7.26. The summed E-state index contributed by atoms with van der Waals surface area (Å²) in [4.78, 5) is 11.1. The van der Waals surface area contributed by atoms with Crippen molar-refractivity contribution in [1.82, 2.24) is 5.32 Å². The average Bonchev–Trinajstić information content (AvgIpc) is 2.43. The lowest BCUT2D eigenvalue weighted by atomic mass is 10.1. The van der Waals surface area contributed by atoms with Crippen molar-refractivity contribution < 1.29 is 19.4 Å². The summed E-state index contributed by atoms with van der Waals surface area (Å²) in [5, 5.41) is 12.8. The van der Waals surface area contributed by atoms with Gasteiger partial charge in [0.1, 0.15) is 18.5 Å². The monoisotopic (exact) mass is 295 g/mol. The zero-order valence-corrected chi connectivity index (χ0v) is 13.0. The maximum absolute atomic E-state index is 11.1. The molecule has 0 saturated heterocycles. The second kappa shape index (κ2) is 9.37. The van der Waals surface area contributed by atoms with E-state index in [-0.39, 0.29) is 12.6 Å². The lowest BCUT2D eigenvalue weighted by Gasteiger charge is -2.14. The molecule has 1 atom stereocenters. The van der Waals surface area contributed by atoms with E-state index in [1.165, 1.54) is 5.56 Å². The first-order chi connectivity index (χ1) is 10.0. The molecule has 0 spiro atoms. The molecule has 118 valence electrons. The van der Waals surface area contributed by atoms with Crippen LogP contribution in [-0.4, -0.2) is 43.5 Å². The lowest BCUT2D eigenvalue weighted by Crippen LogP contribution is -2.32. The van der Waals surface area contributed by atoms with Gasteiger partial charge in [-0.05, 0) is 32.4 Å². The fourth-order valence-electron chi connectivity index (χ4n) is 1.90. The van der Waals surface area contributed by atoms with Gasteiger partial charge in [0.05, 0.1) is 13.0 Å². The molecular weight excluding hydrogens is 270 g/mol. The molecule has 1 aromatic rings. The zero-order chi connectivity index (χ0) is 15.7. The standard InChI is InChI=1S/C16H25NO4/c1-4-20-16(19)7-8-17-10-14(18)11-21-15-6-5-12(2)9-13(15)3/h5-6,9,14,17-18H,4,7-8,10-11H2,1-3H3. The first-order valence-electron chi connectivity index (χ1n) is 7.27. The topological polar surface area (TPSA) is 67.8 Å². The average molecular weight is 295 g/mol. The van der Waals surface area contributed by atoms with Gasteiger partial charge in [-0.15, -0.1) is 0 Å². The predicted octanol–water partition coefficient (Wildman–Crippen LogP) is 1.59. The SMILES string of the molecule is CCOC(=O)CCNCC(O)COc1ccc(C)cc1C. The number of carbonyl (C=O) groups is 1. The summed E-state index contributed by atoms with van der Waals surface area (Å²) < 4.78 is 10.4. The molecule has 0 heterocycles. The zero-order valence-electron chi connectivity index (χ0n) is 13.0. The first-order valence-corrected chi connectivity index (χ1v) is 7.27. The van der Waals surface area contributed by atoms with Gasteiger partial charge in [-0.2, -0.15) is 0 Å². The van der Waals surface area contributed by atoms with Crippen LogP contribution in [0.3, 0.4) is 0 Å². The summed E-state index contributed by atoms with van der Waals surface area (Å²) in [6.07, 6.45) is -0.314. The minimum atomic E-state index is -0.618. The molecule has 0 aliphatic rings. The number of aliphatic hydroxyl groups excluding tert-OH is 1. The van der Waals surface area contributed by atoms with Gasteiger partial charge in [0.15, 0.2) is 0 Å². The minimum absolute atomic E-state index is 0.219. The van der Waals surface area contributed by atoms with Crippen LogP contribution in [0.4, 0.5) is 0 Å². The summed E-state index contributed by atoms with van der Waals surface area (Å²) in [5.41, 5.74) is 2.23. The second-order valence-electron chi connectivity index (χ2n) is 4.99. The number of aryl methyl sites for hydroxylation is 2. The molecule has 0 fully saturated rings. The van der Waals surface area contributed by atoms with Crippen LogP contribution in [0.5, 0.6) is 5.75 Å².